The summed E-state index contributed by atoms with van der Waals surface area (Å²) in [5, 5.41) is 3.47. The molecule has 1 saturated carbocycles. The van der Waals surface area contributed by atoms with E-state index in [9.17, 15) is 4.39 Å². The molecule has 0 spiro atoms. The molecule has 3 rings (SSSR count). The molecule has 3 nitrogen and oxygen atoms in total. The smallest absolute Gasteiger partial charge is 0.219 e. The molecule has 1 aromatic heterocycles. The van der Waals surface area contributed by atoms with Gasteiger partial charge in [0.1, 0.15) is 0 Å². The number of halogens is 2. The van der Waals surface area contributed by atoms with Gasteiger partial charge in [-0.25, -0.2) is 9.37 Å². The van der Waals surface area contributed by atoms with E-state index in [1.165, 1.54) is 25.0 Å². The maximum Gasteiger partial charge on any atom is 0.219 e. The average Bonchev–Trinajstić information content (AvgIpc) is 3.25. The van der Waals surface area contributed by atoms with Crippen molar-refractivity contribution in [1.29, 1.82) is 0 Å². The molecule has 0 atom stereocenters. The summed E-state index contributed by atoms with van der Waals surface area (Å²) in [5.74, 6) is -0.106. The van der Waals surface area contributed by atoms with Gasteiger partial charge < -0.3 is 10.1 Å². The van der Waals surface area contributed by atoms with Crippen molar-refractivity contribution in [3.63, 3.8) is 0 Å². The predicted octanol–water partition coefficient (Wildman–Crippen LogP) is 4.23. The zero-order valence-electron chi connectivity index (χ0n) is 11.7. The van der Waals surface area contributed by atoms with E-state index < -0.39 is 5.82 Å². The monoisotopic (exact) mass is 306 g/mol. The maximum absolute atomic E-state index is 13.9. The van der Waals surface area contributed by atoms with Gasteiger partial charge in [-0.05, 0) is 43.5 Å². The molecule has 0 unspecified atom stereocenters. The lowest BCUT2D eigenvalue weighted by atomic mass is 10.2. The van der Waals surface area contributed by atoms with Gasteiger partial charge >= 0.3 is 0 Å². The summed E-state index contributed by atoms with van der Waals surface area (Å²) >= 11 is 5.75. The van der Waals surface area contributed by atoms with Crippen molar-refractivity contribution < 1.29 is 9.13 Å². The van der Waals surface area contributed by atoms with Crippen molar-refractivity contribution in [3.05, 3.63) is 52.4 Å². The van der Waals surface area contributed by atoms with E-state index in [2.05, 4.69) is 10.3 Å². The molecule has 0 aliphatic heterocycles. The van der Waals surface area contributed by atoms with Crippen LogP contribution in [0.1, 0.15) is 24.1 Å². The minimum Gasteiger partial charge on any atom is -0.436 e. The topological polar surface area (TPSA) is 34.1 Å². The molecule has 1 aliphatic rings. The van der Waals surface area contributed by atoms with Crippen LogP contribution in [0.25, 0.3) is 0 Å². The Morgan fingerprint density at radius 2 is 2.19 bits per heavy atom. The van der Waals surface area contributed by atoms with Gasteiger partial charge in [0.2, 0.25) is 5.88 Å². The third-order valence-corrected chi connectivity index (χ3v) is 3.58. The molecule has 21 heavy (non-hydrogen) atoms. The first-order chi connectivity index (χ1) is 10.1. The first kappa shape index (κ1) is 14.3. The van der Waals surface area contributed by atoms with E-state index >= 15 is 0 Å². The minimum absolute atomic E-state index is 0.0378. The van der Waals surface area contributed by atoms with Crippen LogP contribution in [0.5, 0.6) is 11.6 Å². The first-order valence-electron chi connectivity index (χ1n) is 6.94. The maximum atomic E-state index is 13.9. The standard InChI is InChI=1S/C16H16ClFN2O/c1-10-7-11(9-19-12-5-6-12)8-15(20-10)21-14-4-2-3-13(17)16(14)18/h2-4,7-8,12,19H,5-6,9H2,1H3. The Labute approximate surface area is 128 Å². The molecule has 110 valence electrons. The summed E-state index contributed by atoms with van der Waals surface area (Å²) in [6, 6.07) is 9.12. The van der Waals surface area contributed by atoms with Crippen molar-refractivity contribution in [2.45, 2.75) is 32.4 Å². The third kappa shape index (κ3) is 3.71. The number of pyridine rings is 1. The Balaban J connectivity index is 1.78. The lowest BCUT2D eigenvalue weighted by molar-refractivity contribution is 0.426. The summed E-state index contributed by atoms with van der Waals surface area (Å²) < 4.78 is 19.4. The van der Waals surface area contributed by atoms with Gasteiger partial charge in [-0.1, -0.05) is 17.7 Å². The second kappa shape index (κ2) is 6.00. The fraction of sp³-hybridized carbons (Fsp3) is 0.312. The van der Waals surface area contributed by atoms with Crippen LogP contribution >= 0.6 is 11.6 Å². The molecule has 5 heteroatoms. The quantitative estimate of drug-likeness (QED) is 0.897. The highest BCUT2D eigenvalue weighted by Crippen LogP contribution is 2.28. The van der Waals surface area contributed by atoms with Crippen LogP contribution in [-0.4, -0.2) is 11.0 Å². The van der Waals surface area contributed by atoms with Crippen molar-refractivity contribution in [1.82, 2.24) is 10.3 Å². The number of benzene rings is 1. The van der Waals surface area contributed by atoms with Crippen molar-refractivity contribution >= 4 is 11.6 Å². The van der Waals surface area contributed by atoms with Crippen LogP contribution in [0.15, 0.2) is 30.3 Å². The van der Waals surface area contributed by atoms with Gasteiger partial charge in [0.15, 0.2) is 11.6 Å². The number of ether oxygens (including phenoxy) is 1. The largest absolute Gasteiger partial charge is 0.436 e. The molecule has 1 heterocycles. The highest BCUT2D eigenvalue weighted by molar-refractivity contribution is 6.30. The number of nitrogens with one attached hydrogen (secondary N) is 1. The average molecular weight is 307 g/mol. The van der Waals surface area contributed by atoms with Gasteiger partial charge in [-0.15, -0.1) is 0 Å². The lowest BCUT2D eigenvalue weighted by Gasteiger charge is -2.10. The number of aryl methyl sites for hydroxylation is 1. The molecule has 0 saturated heterocycles. The second-order valence-corrected chi connectivity index (χ2v) is 5.67. The number of hydrogen-bond donors (Lipinski definition) is 1. The van der Waals surface area contributed by atoms with Crippen molar-refractivity contribution in [2.24, 2.45) is 0 Å². The Morgan fingerprint density at radius 3 is 2.95 bits per heavy atom. The summed E-state index contributed by atoms with van der Waals surface area (Å²) in [4.78, 5) is 4.28. The van der Waals surface area contributed by atoms with E-state index in [1.807, 2.05) is 19.1 Å². The second-order valence-electron chi connectivity index (χ2n) is 5.26. The molecule has 1 aliphatic carbocycles. The van der Waals surface area contributed by atoms with Crippen LogP contribution in [-0.2, 0) is 6.54 Å². The van der Waals surface area contributed by atoms with E-state index in [0.29, 0.717) is 11.9 Å². The Kier molecular flexibility index (Phi) is 4.08. The van der Waals surface area contributed by atoms with Crippen LogP contribution < -0.4 is 10.1 Å². The summed E-state index contributed by atoms with van der Waals surface area (Å²) in [7, 11) is 0. The minimum atomic E-state index is -0.569. The molecule has 1 aromatic carbocycles. The molecule has 1 N–H and O–H groups in total. The number of hydrogen-bond acceptors (Lipinski definition) is 3. The first-order valence-corrected chi connectivity index (χ1v) is 7.32. The number of nitrogens with zero attached hydrogens (tertiary/aromatic N) is 1. The van der Waals surface area contributed by atoms with Crippen molar-refractivity contribution in [2.75, 3.05) is 0 Å². The normalized spacial score (nSPS) is 14.2. The van der Waals surface area contributed by atoms with Gasteiger partial charge in [0, 0.05) is 24.3 Å². The fourth-order valence-corrected chi connectivity index (χ4v) is 2.25. The van der Waals surface area contributed by atoms with Crippen molar-refractivity contribution in [3.8, 4) is 11.6 Å². The molecule has 0 amide bonds. The summed E-state index contributed by atoms with van der Waals surface area (Å²) in [6.45, 7) is 2.66. The number of aromatic nitrogens is 1. The Hall–Kier alpha value is -1.65. The zero-order valence-corrected chi connectivity index (χ0v) is 12.5. The van der Waals surface area contributed by atoms with E-state index in [4.69, 9.17) is 16.3 Å². The van der Waals surface area contributed by atoms with E-state index in [0.717, 1.165) is 17.8 Å². The van der Waals surface area contributed by atoms with E-state index in [1.54, 1.807) is 6.07 Å². The van der Waals surface area contributed by atoms with Gasteiger partial charge in [-0.3, -0.25) is 0 Å². The van der Waals surface area contributed by atoms with Gasteiger partial charge in [-0.2, -0.15) is 0 Å². The molecule has 2 aromatic rings. The highest BCUT2D eigenvalue weighted by atomic mass is 35.5. The number of rotatable bonds is 5. The Morgan fingerprint density at radius 1 is 1.38 bits per heavy atom. The summed E-state index contributed by atoms with van der Waals surface area (Å²) in [5.41, 5.74) is 1.91. The van der Waals surface area contributed by atoms with Crippen LogP contribution in [0.2, 0.25) is 5.02 Å². The third-order valence-electron chi connectivity index (χ3n) is 3.29. The molecular weight excluding hydrogens is 291 g/mol. The summed E-state index contributed by atoms with van der Waals surface area (Å²) in [6.07, 6.45) is 2.47. The van der Waals surface area contributed by atoms with Crippen LogP contribution in [0.4, 0.5) is 4.39 Å². The zero-order chi connectivity index (χ0) is 14.8. The molecule has 1 fully saturated rings. The lowest BCUT2D eigenvalue weighted by Crippen LogP contribution is -2.15. The Bertz CT molecular complexity index is 659. The highest BCUT2D eigenvalue weighted by Gasteiger charge is 2.20. The van der Waals surface area contributed by atoms with Gasteiger partial charge in [0.25, 0.3) is 0 Å². The molecule has 0 radical (unpaired) electrons. The fourth-order valence-electron chi connectivity index (χ4n) is 2.09. The SMILES string of the molecule is Cc1cc(CNC2CC2)cc(Oc2cccc(Cl)c2F)n1. The van der Waals surface area contributed by atoms with E-state index in [-0.39, 0.29) is 10.8 Å². The van der Waals surface area contributed by atoms with Gasteiger partial charge in [0.05, 0.1) is 5.02 Å². The molecule has 0 bridgehead atoms. The van der Waals surface area contributed by atoms with Crippen LogP contribution in [0, 0.1) is 12.7 Å². The predicted molar refractivity (Wildman–Crippen MR) is 80.3 cm³/mol. The van der Waals surface area contributed by atoms with Crippen LogP contribution in [0.3, 0.4) is 0 Å². The molecular formula is C16H16ClFN2O.